The van der Waals surface area contributed by atoms with E-state index in [0.717, 1.165) is 11.1 Å². The maximum absolute atomic E-state index is 5.83. The Morgan fingerprint density at radius 3 is 2.57 bits per heavy atom. The van der Waals surface area contributed by atoms with Gasteiger partial charge in [0.05, 0.1) is 5.56 Å². The number of nitrogen functional groups attached to an aromatic ring is 1. The molecule has 0 spiro atoms. The number of benzene rings is 1. The normalized spacial score (nSPS) is 10.4. The maximum atomic E-state index is 5.83. The molecule has 0 aliphatic carbocycles. The Morgan fingerprint density at radius 2 is 2.00 bits per heavy atom. The van der Waals surface area contributed by atoms with Crippen LogP contribution < -0.4 is 5.73 Å². The highest BCUT2D eigenvalue weighted by atomic mass is 16.4. The Labute approximate surface area is 81.8 Å². The summed E-state index contributed by atoms with van der Waals surface area (Å²) in [6.07, 6.45) is 0. The number of hydrogen-bond acceptors (Lipinski definition) is 4. The molecule has 1 heterocycles. The molecule has 4 nitrogen and oxygen atoms in total. The lowest BCUT2D eigenvalue weighted by molar-refractivity contribution is 0.532. The van der Waals surface area contributed by atoms with E-state index in [0.29, 0.717) is 17.5 Å². The van der Waals surface area contributed by atoms with Crippen molar-refractivity contribution in [3.63, 3.8) is 0 Å². The van der Waals surface area contributed by atoms with E-state index in [2.05, 4.69) is 10.2 Å². The van der Waals surface area contributed by atoms with Crippen molar-refractivity contribution in [2.45, 2.75) is 13.8 Å². The molecule has 0 atom stereocenters. The van der Waals surface area contributed by atoms with Crippen molar-refractivity contribution < 1.29 is 4.42 Å². The van der Waals surface area contributed by atoms with Gasteiger partial charge in [-0.1, -0.05) is 12.1 Å². The zero-order chi connectivity index (χ0) is 10.1. The van der Waals surface area contributed by atoms with Crippen LogP contribution in [0, 0.1) is 13.8 Å². The van der Waals surface area contributed by atoms with Gasteiger partial charge in [-0.05, 0) is 18.6 Å². The van der Waals surface area contributed by atoms with Gasteiger partial charge in [-0.15, -0.1) is 10.2 Å². The fraction of sp³-hybridized carbons (Fsp3) is 0.200. The molecule has 14 heavy (non-hydrogen) atoms. The Morgan fingerprint density at radius 1 is 1.21 bits per heavy atom. The number of aromatic nitrogens is 2. The fourth-order valence-corrected chi connectivity index (χ4v) is 1.38. The molecule has 0 aliphatic heterocycles. The maximum Gasteiger partial charge on any atom is 0.250 e. The second-order valence-electron chi connectivity index (χ2n) is 3.17. The summed E-state index contributed by atoms with van der Waals surface area (Å²) >= 11 is 0. The zero-order valence-electron chi connectivity index (χ0n) is 8.11. The third-order valence-electron chi connectivity index (χ3n) is 2.04. The molecule has 1 aromatic heterocycles. The van der Waals surface area contributed by atoms with Gasteiger partial charge in [0.25, 0.3) is 0 Å². The van der Waals surface area contributed by atoms with E-state index in [1.54, 1.807) is 6.92 Å². The van der Waals surface area contributed by atoms with Crippen molar-refractivity contribution >= 4 is 5.69 Å². The predicted octanol–water partition coefficient (Wildman–Crippen LogP) is 1.94. The van der Waals surface area contributed by atoms with Crippen LogP contribution >= 0.6 is 0 Å². The molecule has 0 unspecified atom stereocenters. The van der Waals surface area contributed by atoms with E-state index >= 15 is 0 Å². The van der Waals surface area contributed by atoms with Gasteiger partial charge < -0.3 is 10.2 Å². The van der Waals surface area contributed by atoms with Crippen LogP contribution in [0.25, 0.3) is 11.5 Å². The molecule has 2 rings (SSSR count). The Hall–Kier alpha value is -1.84. The quantitative estimate of drug-likeness (QED) is 0.696. The molecule has 0 saturated carbocycles. The predicted molar refractivity (Wildman–Crippen MR) is 53.6 cm³/mol. The summed E-state index contributed by atoms with van der Waals surface area (Å²) in [4.78, 5) is 0. The third kappa shape index (κ3) is 1.35. The number of aryl methyl sites for hydroxylation is 2. The van der Waals surface area contributed by atoms with Crippen LogP contribution in [-0.4, -0.2) is 10.2 Å². The van der Waals surface area contributed by atoms with Gasteiger partial charge in [0.1, 0.15) is 0 Å². The molecule has 72 valence electrons. The molecule has 4 heteroatoms. The van der Waals surface area contributed by atoms with Gasteiger partial charge in [-0.25, -0.2) is 0 Å². The number of rotatable bonds is 1. The van der Waals surface area contributed by atoms with Crippen molar-refractivity contribution in [3.05, 3.63) is 29.7 Å². The van der Waals surface area contributed by atoms with Crippen LogP contribution in [0.5, 0.6) is 0 Å². The summed E-state index contributed by atoms with van der Waals surface area (Å²) in [5.41, 5.74) is 8.36. The molecule has 0 bridgehead atoms. The first-order valence-corrected chi connectivity index (χ1v) is 4.34. The van der Waals surface area contributed by atoms with Crippen molar-refractivity contribution in [2.24, 2.45) is 0 Å². The standard InChI is InChI=1S/C10H11N3O/c1-6-4-3-5-8(11)9(6)10-13-12-7(2)14-10/h3-5H,11H2,1-2H3. The smallest absolute Gasteiger partial charge is 0.250 e. The van der Waals surface area contributed by atoms with Crippen LogP contribution in [0.2, 0.25) is 0 Å². The van der Waals surface area contributed by atoms with Crippen molar-refractivity contribution in [1.82, 2.24) is 10.2 Å². The van der Waals surface area contributed by atoms with E-state index in [9.17, 15) is 0 Å². The summed E-state index contributed by atoms with van der Waals surface area (Å²) in [7, 11) is 0. The van der Waals surface area contributed by atoms with Gasteiger partial charge >= 0.3 is 0 Å². The monoisotopic (exact) mass is 189 g/mol. The summed E-state index contributed by atoms with van der Waals surface area (Å²) in [6, 6.07) is 5.69. The second kappa shape index (κ2) is 3.14. The van der Waals surface area contributed by atoms with Gasteiger partial charge in [0.15, 0.2) is 0 Å². The highest BCUT2D eigenvalue weighted by Gasteiger charge is 2.11. The first-order valence-electron chi connectivity index (χ1n) is 4.34. The lowest BCUT2D eigenvalue weighted by Gasteiger charge is -2.03. The first kappa shape index (κ1) is 8.74. The van der Waals surface area contributed by atoms with Gasteiger partial charge in [-0.2, -0.15) is 0 Å². The zero-order valence-corrected chi connectivity index (χ0v) is 8.11. The minimum absolute atomic E-state index is 0.484. The van der Waals surface area contributed by atoms with Crippen molar-refractivity contribution in [1.29, 1.82) is 0 Å². The summed E-state index contributed by atoms with van der Waals surface area (Å²) < 4.78 is 5.33. The van der Waals surface area contributed by atoms with Crippen LogP contribution in [-0.2, 0) is 0 Å². The Kier molecular flexibility index (Phi) is 1.96. The molecule has 1 aromatic carbocycles. The van der Waals surface area contributed by atoms with Crippen LogP contribution in [0.1, 0.15) is 11.5 Å². The van der Waals surface area contributed by atoms with Crippen molar-refractivity contribution in [2.75, 3.05) is 5.73 Å². The molecule has 2 N–H and O–H groups in total. The van der Waals surface area contributed by atoms with E-state index in [1.807, 2.05) is 25.1 Å². The summed E-state index contributed by atoms with van der Waals surface area (Å²) in [5, 5.41) is 7.71. The van der Waals surface area contributed by atoms with Gasteiger partial charge in [0.2, 0.25) is 11.8 Å². The van der Waals surface area contributed by atoms with E-state index < -0.39 is 0 Å². The summed E-state index contributed by atoms with van der Waals surface area (Å²) in [6.45, 7) is 3.72. The van der Waals surface area contributed by atoms with Crippen LogP contribution in [0.4, 0.5) is 5.69 Å². The fourth-order valence-electron chi connectivity index (χ4n) is 1.38. The van der Waals surface area contributed by atoms with E-state index in [-0.39, 0.29) is 0 Å². The number of anilines is 1. The SMILES string of the molecule is Cc1nnc(-c2c(C)cccc2N)o1. The second-order valence-corrected chi connectivity index (χ2v) is 3.17. The molecule has 0 amide bonds. The molecule has 0 fully saturated rings. The lowest BCUT2D eigenvalue weighted by atomic mass is 10.1. The Balaban J connectivity index is 2.61. The van der Waals surface area contributed by atoms with Crippen LogP contribution in [0.15, 0.2) is 22.6 Å². The molecule has 0 radical (unpaired) electrons. The number of hydrogen-bond donors (Lipinski definition) is 1. The van der Waals surface area contributed by atoms with E-state index in [1.165, 1.54) is 0 Å². The molecular weight excluding hydrogens is 178 g/mol. The lowest BCUT2D eigenvalue weighted by Crippen LogP contribution is -1.92. The molecule has 0 saturated heterocycles. The average Bonchev–Trinajstić information content (AvgIpc) is 2.51. The first-order chi connectivity index (χ1) is 6.68. The largest absolute Gasteiger partial charge is 0.421 e. The van der Waals surface area contributed by atoms with Crippen LogP contribution in [0.3, 0.4) is 0 Å². The number of nitrogens with two attached hydrogens (primary N) is 1. The summed E-state index contributed by atoms with van der Waals surface area (Å²) in [5.74, 6) is 1.03. The molecule has 2 aromatic rings. The number of nitrogens with zero attached hydrogens (tertiary/aromatic N) is 2. The highest BCUT2D eigenvalue weighted by Crippen LogP contribution is 2.27. The highest BCUT2D eigenvalue weighted by molar-refractivity contribution is 5.73. The average molecular weight is 189 g/mol. The molecule has 0 aliphatic rings. The topological polar surface area (TPSA) is 64.9 Å². The van der Waals surface area contributed by atoms with Gasteiger partial charge in [0, 0.05) is 12.6 Å². The van der Waals surface area contributed by atoms with Gasteiger partial charge in [-0.3, -0.25) is 0 Å². The Bertz CT molecular complexity index is 442. The minimum Gasteiger partial charge on any atom is -0.421 e. The minimum atomic E-state index is 0.484. The molecular formula is C10H11N3O. The third-order valence-corrected chi connectivity index (χ3v) is 2.04. The van der Waals surface area contributed by atoms with E-state index in [4.69, 9.17) is 10.2 Å². The van der Waals surface area contributed by atoms with Crippen molar-refractivity contribution in [3.8, 4) is 11.5 Å².